The molecule has 0 unspecified atom stereocenters. The van der Waals surface area contributed by atoms with Gasteiger partial charge in [-0.2, -0.15) is 4.98 Å². The van der Waals surface area contributed by atoms with Crippen LogP contribution in [0.3, 0.4) is 0 Å². The summed E-state index contributed by atoms with van der Waals surface area (Å²) >= 11 is 1.83. The molecule has 0 radical (unpaired) electrons. The largest absolute Gasteiger partial charge is 0.437 e. The zero-order valence-corrected chi connectivity index (χ0v) is 23.6. The summed E-state index contributed by atoms with van der Waals surface area (Å²) < 4.78 is 11.2. The van der Waals surface area contributed by atoms with E-state index >= 15 is 0 Å². The molecule has 0 saturated carbocycles. The van der Waals surface area contributed by atoms with Crippen molar-refractivity contribution in [3.63, 3.8) is 0 Å². The standard InChI is InChI=1S/C38H21N3OS/c1-2-12-23-22(10-1)11-9-16-26(23)34-33-29-15-4-7-18-31(29)42-37(33)40-38(39-34)41-30-17-6-3-13-24(30)27-20-21-28-25-14-5-8-19-32(25)43-36(28)35(27)41/h1-21H. The fourth-order valence-corrected chi connectivity index (χ4v) is 8.02. The highest BCUT2D eigenvalue weighted by Gasteiger charge is 2.23. The van der Waals surface area contributed by atoms with Gasteiger partial charge in [-0.25, -0.2) is 4.98 Å². The van der Waals surface area contributed by atoms with E-state index in [0.29, 0.717) is 11.7 Å². The molecule has 0 fully saturated rings. The number of furan rings is 1. The van der Waals surface area contributed by atoms with E-state index < -0.39 is 0 Å². The van der Waals surface area contributed by atoms with Crippen LogP contribution in [0.5, 0.6) is 0 Å². The molecule has 0 spiro atoms. The second kappa shape index (κ2) is 8.51. The zero-order chi connectivity index (χ0) is 28.1. The number of rotatable bonds is 2. The molecule has 0 aliphatic heterocycles. The fraction of sp³-hybridized carbons (Fsp3) is 0. The van der Waals surface area contributed by atoms with Crippen molar-refractivity contribution in [3.8, 4) is 17.2 Å². The molecule has 0 amide bonds. The first-order valence-corrected chi connectivity index (χ1v) is 15.2. The van der Waals surface area contributed by atoms with Crippen LogP contribution in [0.1, 0.15) is 0 Å². The van der Waals surface area contributed by atoms with E-state index in [4.69, 9.17) is 14.4 Å². The van der Waals surface area contributed by atoms with E-state index in [1.807, 2.05) is 29.5 Å². The van der Waals surface area contributed by atoms with Gasteiger partial charge in [-0.3, -0.25) is 4.57 Å². The highest BCUT2D eigenvalue weighted by Crippen LogP contribution is 2.44. The molecule has 6 aromatic carbocycles. The van der Waals surface area contributed by atoms with Crippen LogP contribution in [0.25, 0.3) is 92.0 Å². The Balaban J connectivity index is 1.41. The van der Waals surface area contributed by atoms with Gasteiger partial charge >= 0.3 is 0 Å². The first-order valence-electron chi connectivity index (χ1n) is 14.3. The molecular formula is C38H21N3OS. The van der Waals surface area contributed by atoms with Crippen molar-refractivity contribution in [1.29, 1.82) is 0 Å². The molecule has 0 N–H and O–H groups in total. The minimum Gasteiger partial charge on any atom is -0.437 e. The van der Waals surface area contributed by atoms with Crippen LogP contribution >= 0.6 is 11.3 Å². The quantitative estimate of drug-likeness (QED) is 0.209. The van der Waals surface area contributed by atoms with Gasteiger partial charge in [-0.1, -0.05) is 109 Å². The number of para-hydroxylation sites is 2. The molecule has 0 atom stereocenters. The molecule has 4 aromatic heterocycles. The molecule has 10 rings (SSSR count). The van der Waals surface area contributed by atoms with Crippen molar-refractivity contribution in [2.24, 2.45) is 0 Å². The highest BCUT2D eigenvalue weighted by molar-refractivity contribution is 7.26. The van der Waals surface area contributed by atoms with Gasteiger partial charge in [0, 0.05) is 37.2 Å². The van der Waals surface area contributed by atoms with Gasteiger partial charge in [-0.15, -0.1) is 11.3 Å². The van der Waals surface area contributed by atoms with Gasteiger partial charge in [-0.05, 0) is 29.0 Å². The molecule has 0 aliphatic carbocycles. The van der Waals surface area contributed by atoms with Gasteiger partial charge in [0.15, 0.2) is 0 Å². The summed E-state index contributed by atoms with van der Waals surface area (Å²) in [5.74, 6) is 0.602. The third kappa shape index (κ3) is 3.14. The van der Waals surface area contributed by atoms with Crippen LogP contribution in [0.15, 0.2) is 132 Å². The summed E-state index contributed by atoms with van der Waals surface area (Å²) in [6.07, 6.45) is 0. The van der Waals surface area contributed by atoms with Crippen LogP contribution in [0.2, 0.25) is 0 Å². The number of nitrogens with zero attached hydrogens (tertiary/aromatic N) is 3. The summed E-state index contributed by atoms with van der Waals surface area (Å²) in [4.78, 5) is 10.6. The van der Waals surface area contributed by atoms with E-state index in [2.05, 4.69) is 114 Å². The Morgan fingerprint density at radius 3 is 2.21 bits per heavy atom. The second-order valence-electron chi connectivity index (χ2n) is 11.0. The lowest BCUT2D eigenvalue weighted by Gasteiger charge is -2.11. The molecule has 10 aromatic rings. The molecule has 0 bridgehead atoms. The third-order valence-electron chi connectivity index (χ3n) is 8.65. The van der Waals surface area contributed by atoms with Crippen molar-refractivity contribution in [2.75, 3.05) is 0 Å². The Bertz CT molecular complexity index is 2740. The van der Waals surface area contributed by atoms with E-state index in [1.54, 1.807) is 0 Å². The average molecular weight is 568 g/mol. The fourth-order valence-electron chi connectivity index (χ4n) is 6.78. The maximum absolute atomic E-state index is 6.46. The van der Waals surface area contributed by atoms with Crippen molar-refractivity contribution in [3.05, 3.63) is 127 Å². The number of hydrogen-bond acceptors (Lipinski definition) is 4. The first kappa shape index (κ1) is 23.1. The molecular weight excluding hydrogens is 547 g/mol. The minimum atomic E-state index is 0.587. The van der Waals surface area contributed by atoms with Crippen molar-refractivity contribution in [1.82, 2.24) is 14.5 Å². The van der Waals surface area contributed by atoms with Gasteiger partial charge in [0.05, 0.1) is 26.8 Å². The average Bonchev–Trinajstić information content (AvgIpc) is 3.73. The van der Waals surface area contributed by atoms with Gasteiger partial charge < -0.3 is 4.42 Å². The number of benzene rings is 6. The Morgan fingerprint density at radius 1 is 0.558 bits per heavy atom. The molecule has 4 heterocycles. The lowest BCUT2D eigenvalue weighted by atomic mass is 9.99. The van der Waals surface area contributed by atoms with E-state index in [1.165, 1.54) is 36.3 Å². The van der Waals surface area contributed by atoms with Gasteiger partial charge in [0.25, 0.3) is 0 Å². The summed E-state index contributed by atoms with van der Waals surface area (Å²) in [5, 5.41) is 9.15. The Morgan fingerprint density at radius 2 is 1.28 bits per heavy atom. The predicted molar refractivity (Wildman–Crippen MR) is 179 cm³/mol. The monoisotopic (exact) mass is 567 g/mol. The maximum atomic E-state index is 6.46. The molecule has 5 heteroatoms. The van der Waals surface area contributed by atoms with E-state index in [-0.39, 0.29) is 0 Å². The van der Waals surface area contributed by atoms with E-state index in [0.717, 1.165) is 44.0 Å². The van der Waals surface area contributed by atoms with Crippen molar-refractivity contribution >= 4 is 86.2 Å². The van der Waals surface area contributed by atoms with Crippen molar-refractivity contribution in [2.45, 2.75) is 0 Å². The first-order chi connectivity index (χ1) is 21.3. The number of fused-ring (bicyclic) bond motifs is 11. The summed E-state index contributed by atoms with van der Waals surface area (Å²) in [6, 6.07) is 44.7. The SMILES string of the molecule is c1ccc2c(-c3nc(-n4c5ccccc5c5ccc6c7ccccc7sc6c54)nc4oc5ccccc5c34)cccc2c1. The van der Waals surface area contributed by atoms with Gasteiger partial charge in [0.2, 0.25) is 11.7 Å². The topological polar surface area (TPSA) is 43.9 Å². The lowest BCUT2D eigenvalue weighted by Crippen LogP contribution is -2.03. The second-order valence-corrected chi connectivity index (χ2v) is 12.0. The van der Waals surface area contributed by atoms with Crippen LogP contribution in [0, 0.1) is 0 Å². The highest BCUT2D eigenvalue weighted by atomic mass is 32.1. The van der Waals surface area contributed by atoms with Crippen molar-refractivity contribution < 1.29 is 4.42 Å². The van der Waals surface area contributed by atoms with E-state index in [9.17, 15) is 0 Å². The Labute approximate surface area is 249 Å². The van der Waals surface area contributed by atoms with Crippen LogP contribution < -0.4 is 0 Å². The maximum Gasteiger partial charge on any atom is 0.238 e. The Kier molecular flexibility index (Phi) is 4.57. The third-order valence-corrected chi connectivity index (χ3v) is 9.84. The summed E-state index contributed by atoms with van der Waals surface area (Å²) in [5.41, 5.74) is 5.52. The molecule has 43 heavy (non-hydrogen) atoms. The smallest absolute Gasteiger partial charge is 0.238 e. The minimum absolute atomic E-state index is 0.587. The molecule has 200 valence electrons. The number of aromatic nitrogens is 3. The van der Waals surface area contributed by atoms with Gasteiger partial charge in [0.1, 0.15) is 5.58 Å². The lowest BCUT2D eigenvalue weighted by molar-refractivity contribution is 0.651. The molecule has 0 aliphatic rings. The Hall–Kier alpha value is -5.52. The number of thiophene rings is 1. The summed E-state index contributed by atoms with van der Waals surface area (Å²) in [6.45, 7) is 0. The predicted octanol–water partition coefficient (Wildman–Crippen LogP) is 10.7. The zero-order valence-electron chi connectivity index (χ0n) is 22.8. The van der Waals surface area contributed by atoms with Crippen LogP contribution in [0.4, 0.5) is 0 Å². The van der Waals surface area contributed by atoms with Crippen LogP contribution in [-0.4, -0.2) is 14.5 Å². The molecule has 0 saturated heterocycles. The molecule has 4 nitrogen and oxygen atoms in total. The summed E-state index contributed by atoms with van der Waals surface area (Å²) in [7, 11) is 0. The number of hydrogen-bond donors (Lipinski definition) is 0. The normalized spacial score (nSPS) is 12.2. The van der Waals surface area contributed by atoms with Crippen LogP contribution in [-0.2, 0) is 0 Å².